The largest absolute Gasteiger partial charge is 0.462 e. The van der Waals surface area contributed by atoms with Gasteiger partial charge < -0.3 is 14.2 Å². The van der Waals surface area contributed by atoms with Crippen LogP contribution in [0, 0.1) is 0 Å². The maximum Gasteiger partial charge on any atom is 0.306 e. The summed E-state index contributed by atoms with van der Waals surface area (Å²) in [4.78, 5) is 37.9. The van der Waals surface area contributed by atoms with E-state index in [0.29, 0.717) is 19.3 Å². The van der Waals surface area contributed by atoms with Crippen LogP contribution in [0.1, 0.15) is 245 Å². The van der Waals surface area contributed by atoms with Gasteiger partial charge in [0, 0.05) is 19.3 Å². The molecule has 0 saturated heterocycles. The first-order valence-electron chi connectivity index (χ1n) is 25.4. The predicted octanol–water partition coefficient (Wildman–Crippen LogP) is 16.5. The van der Waals surface area contributed by atoms with E-state index in [4.69, 9.17) is 14.2 Å². The molecule has 0 heterocycles. The first kappa shape index (κ1) is 57.1. The van der Waals surface area contributed by atoms with Gasteiger partial charge in [-0.15, -0.1) is 0 Å². The van der Waals surface area contributed by atoms with E-state index in [1.54, 1.807) is 0 Å². The summed E-state index contributed by atoms with van der Waals surface area (Å²) in [6.07, 6.45) is 59.0. The van der Waals surface area contributed by atoms with Crippen molar-refractivity contribution in [1.29, 1.82) is 0 Å². The van der Waals surface area contributed by atoms with Gasteiger partial charge in [-0.25, -0.2) is 0 Å². The molecule has 0 aromatic heterocycles. The average Bonchev–Trinajstić information content (AvgIpc) is 3.24. The second-order valence-corrected chi connectivity index (χ2v) is 16.9. The number of hydrogen-bond donors (Lipinski definition) is 0. The second kappa shape index (κ2) is 48.8. The van der Waals surface area contributed by atoms with E-state index in [2.05, 4.69) is 57.2 Å². The summed E-state index contributed by atoms with van der Waals surface area (Å²) in [5.41, 5.74) is 0. The SMILES string of the molecule is CCC\C=C/C=C\C=C/C=C\C=C/CCCCCCCC(=O)OCC(COC(=O)CCCCCCCCCCCCCC)OC(=O)CCCCCCCCCCCCCC. The van der Waals surface area contributed by atoms with E-state index in [0.717, 1.165) is 83.5 Å². The number of hydrogen-bond acceptors (Lipinski definition) is 6. The Hall–Kier alpha value is -2.89. The van der Waals surface area contributed by atoms with Crippen LogP contribution >= 0.6 is 0 Å². The molecule has 0 amide bonds. The quantitative estimate of drug-likeness (QED) is 0.0263. The van der Waals surface area contributed by atoms with Gasteiger partial charge in [-0.2, -0.15) is 0 Å². The second-order valence-electron chi connectivity index (χ2n) is 16.9. The summed E-state index contributed by atoms with van der Waals surface area (Å²) in [7, 11) is 0. The third-order valence-electron chi connectivity index (χ3n) is 10.9. The Labute approximate surface area is 370 Å². The van der Waals surface area contributed by atoms with E-state index in [-0.39, 0.29) is 31.1 Å². The average molecular weight is 839 g/mol. The fourth-order valence-corrected chi connectivity index (χ4v) is 7.06. The molecular formula is C54H94O6. The zero-order valence-corrected chi connectivity index (χ0v) is 39.5. The smallest absolute Gasteiger partial charge is 0.306 e. The lowest BCUT2D eigenvalue weighted by molar-refractivity contribution is -0.167. The normalized spacial score (nSPS) is 12.5. The summed E-state index contributed by atoms with van der Waals surface area (Å²) in [5.74, 6) is -0.900. The number of carbonyl (C=O) groups excluding carboxylic acids is 3. The topological polar surface area (TPSA) is 78.9 Å². The highest BCUT2D eigenvalue weighted by Crippen LogP contribution is 2.15. The van der Waals surface area contributed by atoms with E-state index in [9.17, 15) is 14.4 Å². The molecule has 0 spiro atoms. The number of rotatable bonds is 45. The van der Waals surface area contributed by atoms with Crippen molar-refractivity contribution in [2.45, 2.75) is 252 Å². The zero-order chi connectivity index (χ0) is 43.7. The fraction of sp³-hybridized carbons (Fsp3) is 0.759. The third-order valence-corrected chi connectivity index (χ3v) is 10.9. The monoisotopic (exact) mass is 839 g/mol. The van der Waals surface area contributed by atoms with Crippen molar-refractivity contribution < 1.29 is 28.6 Å². The van der Waals surface area contributed by atoms with Crippen LogP contribution in [0.3, 0.4) is 0 Å². The summed E-state index contributed by atoms with van der Waals surface area (Å²) in [5, 5.41) is 0. The van der Waals surface area contributed by atoms with Crippen LogP contribution in [0.15, 0.2) is 60.8 Å². The molecule has 0 rings (SSSR count). The first-order chi connectivity index (χ1) is 29.5. The molecule has 0 aliphatic carbocycles. The van der Waals surface area contributed by atoms with Gasteiger partial charge in [-0.05, 0) is 38.5 Å². The predicted molar refractivity (Wildman–Crippen MR) is 256 cm³/mol. The summed E-state index contributed by atoms with van der Waals surface area (Å²) >= 11 is 0. The molecule has 0 radical (unpaired) electrons. The molecule has 1 unspecified atom stereocenters. The standard InChI is InChI=1S/C54H94O6/c1-4-7-10-13-16-19-22-25-26-27-28-29-30-33-35-38-41-44-47-53(56)59-50-51(60-54(57)48-45-42-39-36-32-24-21-18-15-12-9-6-3)49-58-52(55)46-43-40-37-34-31-23-20-17-14-11-8-5-2/h10,13,16,19,22,25-29,51H,4-9,11-12,14-15,17-18,20-21,23-24,30-50H2,1-3H3/b13-10-,19-16-,25-22-,27-26-,29-28-. The van der Waals surface area contributed by atoms with E-state index < -0.39 is 6.10 Å². The summed E-state index contributed by atoms with van der Waals surface area (Å²) in [6, 6.07) is 0. The maximum absolute atomic E-state index is 12.8. The van der Waals surface area contributed by atoms with Crippen LogP contribution in [-0.2, 0) is 28.6 Å². The van der Waals surface area contributed by atoms with E-state index in [1.165, 1.54) is 122 Å². The van der Waals surface area contributed by atoms with Gasteiger partial charge >= 0.3 is 17.9 Å². The Bertz CT molecular complexity index is 1100. The minimum atomic E-state index is -0.779. The molecule has 0 N–H and O–H groups in total. The van der Waals surface area contributed by atoms with Crippen molar-refractivity contribution in [2.75, 3.05) is 13.2 Å². The van der Waals surface area contributed by atoms with Gasteiger partial charge in [-0.1, -0.05) is 248 Å². The Morgan fingerprint density at radius 3 is 1.00 bits per heavy atom. The molecule has 6 heteroatoms. The number of carbonyl (C=O) groups is 3. The van der Waals surface area contributed by atoms with Crippen molar-refractivity contribution in [1.82, 2.24) is 0 Å². The van der Waals surface area contributed by atoms with Crippen molar-refractivity contribution >= 4 is 17.9 Å². The highest BCUT2D eigenvalue weighted by atomic mass is 16.6. The highest BCUT2D eigenvalue weighted by molar-refractivity contribution is 5.71. The Morgan fingerprint density at radius 2 is 0.633 bits per heavy atom. The first-order valence-corrected chi connectivity index (χ1v) is 25.4. The molecule has 1 atom stereocenters. The van der Waals surface area contributed by atoms with Crippen molar-refractivity contribution in [2.24, 2.45) is 0 Å². The number of esters is 3. The molecule has 0 aromatic rings. The van der Waals surface area contributed by atoms with Crippen LogP contribution < -0.4 is 0 Å². The van der Waals surface area contributed by atoms with Crippen molar-refractivity contribution in [3.05, 3.63) is 60.8 Å². The molecule has 60 heavy (non-hydrogen) atoms. The minimum Gasteiger partial charge on any atom is -0.462 e. The van der Waals surface area contributed by atoms with Gasteiger partial charge in [0.2, 0.25) is 0 Å². The van der Waals surface area contributed by atoms with Gasteiger partial charge in [0.25, 0.3) is 0 Å². The fourth-order valence-electron chi connectivity index (χ4n) is 7.06. The van der Waals surface area contributed by atoms with Gasteiger partial charge in [0.15, 0.2) is 6.10 Å². The van der Waals surface area contributed by atoms with Gasteiger partial charge in [0.1, 0.15) is 13.2 Å². The lowest BCUT2D eigenvalue weighted by Gasteiger charge is -2.18. The van der Waals surface area contributed by atoms with Crippen LogP contribution in [0.25, 0.3) is 0 Å². The van der Waals surface area contributed by atoms with Crippen LogP contribution in [0.4, 0.5) is 0 Å². The van der Waals surface area contributed by atoms with Crippen LogP contribution in [0.5, 0.6) is 0 Å². The Balaban J connectivity index is 4.40. The third kappa shape index (κ3) is 46.2. The number of ether oxygens (including phenoxy) is 3. The zero-order valence-electron chi connectivity index (χ0n) is 39.5. The molecular weight excluding hydrogens is 745 g/mol. The lowest BCUT2D eigenvalue weighted by atomic mass is 10.0. The van der Waals surface area contributed by atoms with E-state index in [1.807, 2.05) is 24.3 Å². The highest BCUT2D eigenvalue weighted by Gasteiger charge is 2.19. The molecule has 6 nitrogen and oxygen atoms in total. The molecule has 0 fully saturated rings. The van der Waals surface area contributed by atoms with Gasteiger partial charge in [0.05, 0.1) is 0 Å². The number of allylic oxidation sites excluding steroid dienone is 10. The molecule has 346 valence electrons. The minimum absolute atomic E-state index is 0.0795. The maximum atomic E-state index is 12.8. The molecule has 0 aliphatic rings. The lowest BCUT2D eigenvalue weighted by Crippen LogP contribution is -2.30. The molecule has 0 aromatic carbocycles. The van der Waals surface area contributed by atoms with Gasteiger partial charge in [-0.3, -0.25) is 14.4 Å². The van der Waals surface area contributed by atoms with Crippen LogP contribution in [0.2, 0.25) is 0 Å². The van der Waals surface area contributed by atoms with Crippen LogP contribution in [-0.4, -0.2) is 37.2 Å². The number of unbranched alkanes of at least 4 members (excludes halogenated alkanes) is 28. The molecule has 0 saturated carbocycles. The van der Waals surface area contributed by atoms with Crippen molar-refractivity contribution in [3.8, 4) is 0 Å². The Morgan fingerprint density at radius 1 is 0.333 bits per heavy atom. The van der Waals surface area contributed by atoms with Crippen molar-refractivity contribution in [3.63, 3.8) is 0 Å². The summed E-state index contributed by atoms with van der Waals surface area (Å²) in [6.45, 7) is 6.53. The Kier molecular flexibility index (Phi) is 46.4. The molecule has 0 aliphatic heterocycles. The summed E-state index contributed by atoms with van der Waals surface area (Å²) < 4.78 is 16.8. The molecule has 0 bridgehead atoms. The van der Waals surface area contributed by atoms with E-state index >= 15 is 0 Å².